The summed E-state index contributed by atoms with van der Waals surface area (Å²) >= 11 is 1.41. The van der Waals surface area contributed by atoms with Crippen LogP contribution in [0.25, 0.3) is 10.2 Å². The van der Waals surface area contributed by atoms with E-state index in [0.717, 1.165) is 0 Å². The topological polar surface area (TPSA) is 73.2 Å². The fourth-order valence-electron chi connectivity index (χ4n) is 1.99. The average molecular weight is 307 g/mol. The zero-order chi connectivity index (χ0) is 15.0. The largest absolute Gasteiger partial charge is 0.368 e. The van der Waals surface area contributed by atoms with Gasteiger partial charge in [0.05, 0.1) is 12.0 Å². The fourth-order valence-corrected chi connectivity index (χ4v) is 2.79. The first kappa shape index (κ1) is 14.2. The van der Waals surface area contributed by atoms with Crippen molar-refractivity contribution in [1.82, 2.24) is 9.66 Å². The Bertz CT molecular complexity index is 733. The Balaban J connectivity index is 1.76. The number of thiophene rings is 1. The van der Waals surface area contributed by atoms with Gasteiger partial charge in [-0.25, -0.2) is 9.66 Å². The highest BCUT2D eigenvalue weighted by Gasteiger charge is 2.24. The molecule has 3 rings (SSSR count). The maximum Gasteiger partial charge on any atom is 0.281 e. The van der Waals surface area contributed by atoms with Crippen LogP contribution in [0.15, 0.2) is 16.2 Å². The molecule has 0 aliphatic heterocycles. The third kappa shape index (κ3) is 2.98. The van der Waals surface area contributed by atoms with E-state index in [2.05, 4.69) is 10.4 Å². The number of ether oxygens (including phenoxy) is 1. The van der Waals surface area contributed by atoms with Crippen LogP contribution in [-0.2, 0) is 9.53 Å². The molecule has 1 amide bonds. The van der Waals surface area contributed by atoms with Crippen molar-refractivity contribution in [2.24, 2.45) is 5.92 Å². The van der Waals surface area contributed by atoms with Gasteiger partial charge in [-0.15, -0.1) is 11.3 Å². The van der Waals surface area contributed by atoms with Crippen LogP contribution >= 0.6 is 11.3 Å². The van der Waals surface area contributed by atoms with E-state index in [1.165, 1.54) is 28.9 Å². The molecule has 1 aliphatic rings. The van der Waals surface area contributed by atoms with Crippen molar-refractivity contribution in [2.45, 2.75) is 32.8 Å². The van der Waals surface area contributed by atoms with E-state index in [0.29, 0.717) is 28.6 Å². The highest BCUT2D eigenvalue weighted by molar-refractivity contribution is 7.16. The van der Waals surface area contributed by atoms with Crippen molar-refractivity contribution in [2.75, 3.05) is 12.0 Å². The van der Waals surface area contributed by atoms with Crippen molar-refractivity contribution in [3.63, 3.8) is 0 Å². The van der Waals surface area contributed by atoms with E-state index >= 15 is 0 Å². The number of carbonyl (C=O) groups is 1. The molecule has 1 unspecified atom stereocenters. The number of rotatable bonds is 5. The predicted octanol–water partition coefficient (Wildman–Crippen LogP) is 1.65. The van der Waals surface area contributed by atoms with Crippen LogP contribution in [-0.4, -0.2) is 28.3 Å². The summed E-state index contributed by atoms with van der Waals surface area (Å²) in [5.74, 6) is 0.712. The molecular formula is C14H17N3O3S. The van der Waals surface area contributed by atoms with Crippen molar-refractivity contribution < 1.29 is 9.53 Å². The Kier molecular flexibility index (Phi) is 3.77. The first-order valence-electron chi connectivity index (χ1n) is 6.95. The molecule has 0 spiro atoms. The molecule has 21 heavy (non-hydrogen) atoms. The summed E-state index contributed by atoms with van der Waals surface area (Å²) in [7, 11) is 0. The Morgan fingerprint density at radius 3 is 3.10 bits per heavy atom. The molecule has 1 aliphatic carbocycles. The highest BCUT2D eigenvalue weighted by Crippen LogP contribution is 2.29. The maximum absolute atomic E-state index is 12.3. The van der Waals surface area contributed by atoms with Crippen molar-refractivity contribution in [3.05, 3.63) is 27.6 Å². The minimum absolute atomic E-state index is 0.263. The van der Waals surface area contributed by atoms with Crippen molar-refractivity contribution in [3.8, 4) is 0 Å². The molecule has 0 bridgehead atoms. The van der Waals surface area contributed by atoms with Crippen LogP contribution in [0.3, 0.4) is 0 Å². The number of amides is 1. The van der Waals surface area contributed by atoms with E-state index in [1.54, 1.807) is 19.9 Å². The molecule has 2 aromatic heterocycles. The van der Waals surface area contributed by atoms with Gasteiger partial charge in [-0.1, -0.05) is 0 Å². The van der Waals surface area contributed by atoms with Gasteiger partial charge < -0.3 is 4.74 Å². The van der Waals surface area contributed by atoms with Crippen LogP contribution in [0.2, 0.25) is 0 Å². The smallest absolute Gasteiger partial charge is 0.281 e. The van der Waals surface area contributed by atoms with Crippen LogP contribution < -0.4 is 11.0 Å². The summed E-state index contributed by atoms with van der Waals surface area (Å²) in [5.41, 5.74) is 2.32. The molecule has 2 heterocycles. The Hall–Kier alpha value is -1.73. The first-order valence-corrected chi connectivity index (χ1v) is 7.83. The van der Waals surface area contributed by atoms with Gasteiger partial charge >= 0.3 is 0 Å². The first-order chi connectivity index (χ1) is 10.1. The summed E-state index contributed by atoms with van der Waals surface area (Å²) < 4.78 is 6.70. The van der Waals surface area contributed by atoms with E-state index in [1.807, 2.05) is 5.38 Å². The van der Waals surface area contributed by atoms with Gasteiger partial charge in [0, 0.05) is 0 Å². The summed E-state index contributed by atoms with van der Waals surface area (Å²) in [5, 5.41) is 2.32. The van der Waals surface area contributed by atoms with Gasteiger partial charge in [0.2, 0.25) is 0 Å². The van der Waals surface area contributed by atoms with Gasteiger partial charge in [0.15, 0.2) is 0 Å². The lowest BCUT2D eigenvalue weighted by molar-refractivity contribution is -0.127. The normalized spacial score (nSPS) is 16.1. The molecule has 1 fully saturated rings. The molecule has 7 heteroatoms. The van der Waals surface area contributed by atoms with Crippen LogP contribution in [0.4, 0.5) is 0 Å². The van der Waals surface area contributed by atoms with Crippen LogP contribution in [0.5, 0.6) is 0 Å². The minimum Gasteiger partial charge on any atom is -0.368 e. The third-order valence-corrected chi connectivity index (χ3v) is 4.34. The lowest BCUT2D eigenvalue weighted by atomic mass is 10.3. The number of nitrogens with one attached hydrogen (secondary N) is 1. The van der Waals surface area contributed by atoms with Gasteiger partial charge in [0.1, 0.15) is 16.8 Å². The fraction of sp³-hybridized carbons (Fsp3) is 0.500. The molecule has 1 atom stereocenters. The van der Waals surface area contributed by atoms with E-state index in [-0.39, 0.29) is 11.5 Å². The van der Waals surface area contributed by atoms with Gasteiger partial charge in [-0.3, -0.25) is 15.0 Å². The second-order valence-corrected chi connectivity index (χ2v) is 6.23. The van der Waals surface area contributed by atoms with E-state index in [4.69, 9.17) is 4.74 Å². The Labute approximate surface area is 125 Å². The summed E-state index contributed by atoms with van der Waals surface area (Å²) in [6, 6.07) is 1.71. The molecule has 2 aromatic rings. The van der Waals surface area contributed by atoms with E-state index < -0.39 is 6.10 Å². The number of carbonyl (C=O) groups excluding carboxylic acids is 1. The standard InChI is InChI=1S/C14H17N3O3S/c1-8(20-7-10-3-4-10)12(18)16-17-9(2)15-13-11(14(17)19)5-6-21-13/h5-6,8,10H,3-4,7H2,1-2H3,(H,16,18). The van der Waals surface area contributed by atoms with Gasteiger partial charge in [-0.05, 0) is 44.1 Å². The molecule has 0 radical (unpaired) electrons. The Morgan fingerprint density at radius 2 is 2.38 bits per heavy atom. The van der Waals surface area contributed by atoms with Crippen molar-refractivity contribution >= 4 is 27.5 Å². The maximum atomic E-state index is 12.3. The Morgan fingerprint density at radius 1 is 1.62 bits per heavy atom. The number of hydrogen-bond donors (Lipinski definition) is 1. The number of aryl methyl sites for hydroxylation is 1. The summed E-state index contributed by atoms with van der Waals surface area (Å²) in [6.07, 6.45) is 1.76. The van der Waals surface area contributed by atoms with E-state index in [9.17, 15) is 9.59 Å². The molecule has 0 saturated heterocycles. The number of aromatic nitrogens is 2. The third-order valence-electron chi connectivity index (χ3n) is 3.54. The second-order valence-electron chi connectivity index (χ2n) is 5.33. The molecule has 0 aromatic carbocycles. The van der Waals surface area contributed by atoms with Crippen LogP contribution in [0, 0.1) is 12.8 Å². The number of nitrogens with zero attached hydrogens (tertiary/aromatic N) is 2. The van der Waals surface area contributed by atoms with Crippen LogP contribution in [0.1, 0.15) is 25.6 Å². The molecular weight excluding hydrogens is 290 g/mol. The number of fused-ring (bicyclic) bond motifs is 1. The zero-order valence-electron chi connectivity index (χ0n) is 12.0. The minimum atomic E-state index is -0.588. The molecule has 6 nitrogen and oxygen atoms in total. The number of hydrogen-bond acceptors (Lipinski definition) is 5. The second kappa shape index (κ2) is 5.57. The summed E-state index contributed by atoms with van der Waals surface area (Å²) in [4.78, 5) is 29.4. The quantitative estimate of drug-likeness (QED) is 0.911. The average Bonchev–Trinajstić information content (AvgIpc) is 3.17. The SMILES string of the molecule is Cc1nc2sccc2c(=O)n1NC(=O)C(C)OCC1CC1. The lowest BCUT2D eigenvalue weighted by Crippen LogP contribution is -2.40. The van der Waals surface area contributed by atoms with Gasteiger partial charge in [-0.2, -0.15) is 0 Å². The molecule has 1 saturated carbocycles. The van der Waals surface area contributed by atoms with Gasteiger partial charge in [0.25, 0.3) is 11.5 Å². The summed E-state index contributed by atoms with van der Waals surface area (Å²) in [6.45, 7) is 3.98. The molecule has 1 N–H and O–H groups in total. The van der Waals surface area contributed by atoms with Crippen molar-refractivity contribution in [1.29, 1.82) is 0 Å². The predicted molar refractivity (Wildman–Crippen MR) is 81.1 cm³/mol. The lowest BCUT2D eigenvalue weighted by Gasteiger charge is -2.15. The monoisotopic (exact) mass is 307 g/mol. The highest BCUT2D eigenvalue weighted by atomic mass is 32.1. The molecule has 112 valence electrons. The zero-order valence-corrected chi connectivity index (χ0v) is 12.8.